The van der Waals surface area contributed by atoms with Gasteiger partial charge in [-0.15, -0.1) is 0 Å². The van der Waals surface area contributed by atoms with Gasteiger partial charge in [0.05, 0.1) is 19.0 Å². The highest BCUT2D eigenvalue weighted by atomic mass is 35.5. The summed E-state index contributed by atoms with van der Waals surface area (Å²) < 4.78 is 3.83. The molecule has 24 heavy (non-hydrogen) atoms. The molecule has 0 saturated heterocycles. The van der Waals surface area contributed by atoms with Crippen LogP contribution in [0.2, 0.25) is 5.02 Å². The van der Waals surface area contributed by atoms with Crippen LogP contribution in [0.3, 0.4) is 0 Å². The fourth-order valence-electron chi connectivity index (χ4n) is 2.63. The van der Waals surface area contributed by atoms with Crippen molar-refractivity contribution in [3.63, 3.8) is 0 Å². The van der Waals surface area contributed by atoms with Gasteiger partial charge in [0.25, 0.3) is 0 Å². The summed E-state index contributed by atoms with van der Waals surface area (Å²) in [6, 6.07) is 13.4. The van der Waals surface area contributed by atoms with Crippen molar-refractivity contribution in [2.75, 3.05) is 6.54 Å². The molecule has 0 spiro atoms. The maximum absolute atomic E-state index is 12.3. The number of rotatable bonds is 7. The number of carbonyl (C=O) groups excluding carboxylic acids is 1. The minimum atomic E-state index is -0.0537. The molecule has 0 aliphatic heterocycles. The molecule has 0 radical (unpaired) electrons. The van der Waals surface area contributed by atoms with Gasteiger partial charge in [0.15, 0.2) is 0 Å². The lowest BCUT2D eigenvalue weighted by Crippen LogP contribution is -2.29. The van der Waals surface area contributed by atoms with Crippen LogP contribution in [0.1, 0.15) is 18.0 Å². The Morgan fingerprint density at radius 3 is 2.54 bits per heavy atom. The lowest BCUT2D eigenvalue weighted by atomic mass is 10.0. The highest BCUT2D eigenvalue weighted by Gasteiger charge is 2.17. The van der Waals surface area contributed by atoms with Crippen molar-refractivity contribution >= 4 is 17.5 Å². The van der Waals surface area contributed by atoms with Crippen LogP contribution < -0.4 is 5.32 Å². The highest BCUT2D eigenvalue weighted by Crippen LogP contribution is 2.23. The van der Waals surface area contributed by atoms with Crippen LogP contribution in [0.25, 0.3) is 0 Å². The molecule has 1 amide bonds. The van der Waals surface area contributed by atoms with Crippen molar-refractivity contribution < 1.29 is 4.79 Å². The topological polar surface area (TPSA) is 51.9 Å². The molecule has 3 rings (SSSR count). The molecule has 0 aliphatic rings. The van der Waals surface area contributed by atoms with Crippen LogP contribution in [0.5, 0.6) is 0 Å². The molecule has 0 aliphatic carbocycles. The first-order valence-electron chi connectivity index (χ1n) is 7.84. The Bertz CT molecular complexity index is 751. The standard InChI is InChI=1S/C18H19ClN4O/c19-16-6-4-15(5-7-16)17(22-10-1-2-11-22)14-18(24)20-9-13-23-12-3-8-21-23/h1-8,10-12,17H,9,13-14H2,(H,20,24). The summed E-state index contributed by atoms with van der Waals surface area (Å²) in [6.07, 6.45) is 7.91. The van der Waals surface area contributed by atoms with E-state index in [1.54, 1.807) is 10.9 Å². The van der Waals surface area contributed by atoms with E-state index >= 15 is 0 Å². The fraction of sp³-hybridized carbons (Fsp3) is 0.222. The Balaban J connectivity index is 1.63. The van der Waals surface area contributed by atoms with Gasteiger partial charge in [-0.2, -0.15) is 5.10 Å². The SMILES string of the molecule is O=C(CC(c1ccc(Cl)cc1)n1cccc1)NCCn1cccn1. The molecule has 1 atom stereocenters. The monoisotopic (exact) mass is 342 g/mol. The third-order valence-electron chi connectivity index (χ3n) is 3.84. The first-order valence-corrected chi connectivity index (χ1v) is 8.22. The predicted molar refractivity (Wildman–Crippen MR) is 93.9 cm³/mol. The van der Waals surface area contributed by atoms with Gasteiger partial charge in [0.2, 0.25) is 5.91 Å². The summed E-state index contributed by atoms with van der Waals surface area (Å²) in [4.78, 5) is 12.3. The second kappa shape index (κ2) is 7.84. The summed E-state index contributed by atoms with van der Waals surface area (Å²) in [5.74, 6) is 0.0100. The van der Waals surface area contributed by atoms with E-state index in [1.807, 2.05) is 65.6 Å². The molecule has 0 fully saturated rings. The predicted octanol–water partition coefficient (Wildman–Crippen LogP) is 3.13. The summed E-state index contributed by atoms with van der Waals surface area (Å²) >= 11 is 5.97. The van der Waals surface area contributed by atoms with Gasteiger partial charge in [-0.05, 0) is 35.9 Å². The Labute approximate surface area is 145 Å². The third-order valence-corrected chi connectivity index (χ3v) is 4.10. The van der Waals surface area contributed by atoms with Crippen molar-refractivity contribution in [1.82, 2.24) is 19.7 Å². The normalized spacial score (nSPS) is 12.0. The molecule has 2 heterocycles. The van der Waals surface area contributed by atoms with Gasteiger partial charge >= 0.3 is 0 Å². The first kappa shape index (κ1) is 16.3. The van der Waals surface area contributed by atoms with E-state index in [1.165, 1.54) is 0 Å². The van der Waals surface area contributed by atoms with E-state index in [4.69, 9.17) is 11.6 Å². The van der Waals surface area contributed by atoms with Crippen LogP contribution in [-0.4, -0.2) is 26.8 Å². The van der Waals surface area contributed by atoms with Gasteiger partial charge in [-0.25, -0.2) is 0 Å². The minimum Gasteiger partial charge on any atom is -0.354 e. The summed E-state index contributed by atoms with van der Waals surface area (Å²) in [6.45, 7) is 1.22. The van der Waals surface area contributed by atoms with Crippen LogP contribution in [0.15, 0.2) is 67.3 Å². The summed E-state index contributed by atoms with van der Waals surface area (Å²) in [7, 11) is 0. The van der Waals surface area contributed by atoms with Crippen molar-refractivity contribution in [3.8, 4) is 0 Å². The highest BCUT2D eigenvalue weighted by molar-refractivity contribution is 6.30. The number of aromatic nitrogens is 3. The van der Waals surface area contributed by atoms with Crippen molar-refractivity contribution in [2.24, 2.45) is 0 Å². The van der Waals surface area contributed by atoms with Crippen molar-refractivity contribution in [2.45, 2.75) is 19.0 Å². The average molecular weight is 343 g/mol. The molecule has 124 valence electrons. The lowest BCUT2D eigenvalue weighted by molar-refractivity contribution is -0.121. The molecule has 1 unspecified atom stereocenters. The van der Waals surface area contributed by atoms with Gasteiger partial charge < -0.3 is 9.88 Å². The largest absolute Gasteiger partial charge is 0.354 e. The summed E-state index contributed by atoms with van der Waals surface area (Å²) in [5, 5.41) is 7.76. The molecule has 0 bridgehead atoms. The molecular formula is C18H19ClN4O. The number of benzene rings is 1. The van der Waals surface area contributed by atoms with Crippen LogP contribution in [0.4, 0.5) is 0 Å². The smallest absolute Gasteiger partial charge is 0.222 e. The van der Waals surface area contributed by atoms with Crippen molar-refractivity contribution in [1.29, 1.82) is 0 Å². The van der Waals surface area contributed by atoms with E-state index < -0.39 is 0 Å². The maximum Gasteiger partial charge on any atom is 0.222 e. The van der Waals surface area contributed by atoms with Crippen LogP contribution in [-0.2, 0) is 11.3 Å². The fourth-order valence-corrected chi connectivity index (χ4v) is 2.75. The Morgan fingerprint density at radius 2 is 1.88 bits per heavy atom. The quantitative estimate of drug-likeness (QED) is 0.717. The number of halogens is 1. The lowest BCUT2D eigenvalue weighted by Gasteiger charge is -2.19. The molecule has 1 aromatic carbocycles. The van der Waals surface area contributed by atoms with Crippen LogP contribution >= 0.6 is 11.6 Å². The zero-order valence-electron chi connectivity index (χ0n) is 13.2. The maximum atomic E-state index is 12.3. The third kappa shape index (κ3) is 4.26. The molecule has 1 N–H and O–H groups in total. The Hall–Kier alpha value is -2.53. The second-order valence-corrected chi connectivity index (χ2v) is 5.96. The molecule has 2 aromatic heterocycles. The number of hydrogen-bond acceptors (Lipinski definition) is 2. The van der Waals surface area contributed by atoms with Crippen molar-refractivity contribution in [3.05, 3.63) is 77.8 Å². The first-order chi connectivity index (χ1) is 11.7. The van der Waals surface area contributed by atoms with E-state index in [0.29, 0.717) is 24.5 Å². The van der Waals surface area contributed by atoms with Crippen LogP contribution in [0, 0.1) is 0 Å². The van der Waals surface area contributed by atoms with E-state index in [0.717, 1.165) is 5.56 Å². The number of carbonyl (C=O) groups is 1. The molecule has 6 heteroatoms. The zero-order chi connectivity index (χ0) is 16.8. The second-order valence-electron chi connectivity index (χ2n) is 5.52. The minimum absolute atomic E-state index is 0.0100. The molecular weight excluding hydrogens is 324 g/mol. The zero-order valence-corrected chi connectivity index (χ0v) is 13.9. The average Bonchev–Trinajstić information content (AvgIpc) is 3.27. The molecule has 3 aromatic rings. The van der Waals surface area contributed by atoms with E-state index in [2.05, 4.69) is 10.4 Å². The van der Waals surface area contributed by atoms with E-state index in [-0.39, 0.29) is 11.9 Å². The van der Waals surface area contributed by atoms with Gasteiger partial charge in [-0.1, -0.05) is 23.7 Å². The van der Waals surface area contributed by atoms with Gasteiger partial charge in [0, 0.05) is 36.4 Å². The number of nitrogens with zero attached hydrogens (tertiary/aromatic N) is 3. The molecule has 5 nitrogen and oxygen atoms in total. The van der Waals surface area contributed by atoms with Gasteiger partial charge in [-0.3, -0.25) is 9.48 Å². The van der Waals surface area contributed by atoms with Gasteiger partial charge in [0.1, 0.15) is 0 Å². The summed E-state index contributed by atoms with van der Waals surface area (Å²) in [5.41, 5.74) is 1.05. The number of amides is 1. The number of hydrogen-bond donors (Lipinski definition) is 1. The Morgan fingerprint density at radius 1 is 1.12 bits per heavy atom. The Kier molecular flexibility index (Phi) is 5.33. The van der Waals surface area contributed by atoms with E-state index in [9.17, 15) is 4.79 Å². The number of nitrogens with one attached hydrogen (secondary N) is 1. The molecule has 0 saturated carbocycles.